The van der Waals surface area contributed by atoms with E-state index in [0.29, 0.717) is 13.0 Å². The SMILES string of the molecule is O=C(O)C[C@H]1CCCN1C(=O)C[C@@H]1CC[C@H](NC(=O)OCC2c3ccccc3-c3ccccc32)C1. The van der Waals surface area contributed by atoms with Gasteiger partial charge < -0.3 is 20.1 Å². The van der Waals surface area contributed by atoms with Crippen LogP contribution in [0.4, 0.5) is 4.79 Å². The molecule has 0 spiro atoms. The molecule has 3 atom stereocenters. The van der Waals surface area contributed by atoms with E-state index in [-0.39, 0.29) is 42.9 Å². The molecule has 0 radical (unpaired) electrons. The van der Waals surface area contributed by atoms with Crippen LogP contribution in [0, 0.1) is 5.92 Å². The maximum Gasteiger partial charge on any atom is 0.407 e. The van der Waals surface area contributed by atoms with Crippen LogP contribution in [0.3, 0.4) is 0 Å². The molecule has 1 aliphatic heterocycles. The van der Waals surface area contributed by atoms with Crippen molar-refractivity contribution in [1.29, 1.82) is 0 Å². The number of ether oxygens (including phenoxy) is 1. The van der Waals surface area contributed by atoms with Crippen molar-refractivity contribution in [2.75, 3.05) is 13.2 Å². The Balaban J connectivity index is 1.11. The Bertz CT molecular complexity index is 1070. The van der Waals surface area contributed by atoms with Crippen molar-refractivity contribution in [2.24, 2.45) is 5.92 Å². The van der Waals surface area contributed by atoms with Crippen molar-refractivity contribution >= 4 is 18.0 Å². The Hall–Kier alpha value is -3.35. The zero-order chi connectivity index (χ0) is 24.4. The van der Waals surface area contributed by atoms with E-state index in [2.05, 4.69) is 29.6 Å². The Kier molecular flexibility index (Phi) is 6.75. The Morgan fingerprint density at radius 3 is 2.31 bits per heavy atom. The number of alkyl carbamates (subject to hydrolysis) is 1. The molecule has 0 aromatic heterocycles. The molecule has 0 unspecified atom stereocenters. The molecule has 7 heteroatoms. The minimum Gasteiger partial charge on any atom is -0.481 e. The lowest BCUT2D eigenvalue weighted by atomic mass is 9.98. The molecular weight excluding hydrogens is 444 g/mol. The molecule has 1 heterocycles. The molecule has 2 fully saturated rings. The summed E-state index contributed by atoms with van der Waals surface area (Å²) in [6.07, 6.45) is 4.08. The molecule has 3 aliphatic rings. The maximum atomic E-state index is 12.8. The lowest BCUT2D eigenvalue weighted by Crippen LogP contribution is -2.38. The minimum atomic E-state index is -0.858. The highest BCUT2D eigenvalue weighted by Crippen LogP contribution is 2.44. The van der Waals surface area contributed by atoms with Crippen LogP contribution in [-0.4, -0.2) is 53.2 Å². The molecule has 7 nitrogen and oxygen atoms in total. The van der Waals surface area contributed by atoms with Gasteiger partial charge in [-0.15, -0.1) is 0 Å². The van der Waals surface area contributed by atoms with Crippen LogP contribution < -0.4 is 5.32 Å². The standard InChI is InChI=1S/C28H32N2O5/c31-26(30-13-5-6-20(30)16-27(32)33)15-18-11-12-19(14-18)29-28(34)35-17-25-23-9-3-1-7-21(23)22-8-2-4-10-24(22)25/h1-4,7-10,18-20,25H,5-6,11-17H2,(H,29,34)(H,32,33)/t18-,19+,20-/m1/s1. The number of likely N-dealkylation sites (tertiary alicyclic amines) is 1. The average molecular weight is 477 g/mol. The van der Waals surface area contributed by atoms with Gasteiger partial charge in [-0.1, -0.05) is 48.5 Å². The quantitative estimate of drug-likeness (QED) is 0.611. The van der Waals surface area contributed by atoms with Gasteiger partial charge in [0.05, 0.1) is 6.42 Å². The maximum absolute atomic E-state index is 12.8. The first-order chi connectivity index (χ1) is 17.0. The number of nitrogens with zero attached hydrogens (tertiary/aromatic N) is 1. The molecular formula is C28H32N2O5. The second kappa shape index (κ2) is 10.1. The van der Waals surface area contributed by atoms with E-state index in [0.717, 1.165) is 32.1 Å². The normalized spacial score (nSPS) is 23.1. The second-order valence-corrected chi connectivity index (χ2v) is 10.0. The molecule has 2 aliphatic carbocycles. The van der Waals surface area contributed by atoms with Gasteiger partial charge in [-0.05, 0) is 60.3 Å². The van der Waals surface area contributed by atoms with Crippen molar-refractivity contribution in [3.05, 3.63) is 59.7 Å². The van der Waals surface area contributed by atoms with E-state index in [1.54, 1.807) is 4.90 Å². The summed E-state index contributed by atoms with van der Waals surface area (Å²) in [7, 11) is 0. The molecule has 1 saturated heterocycles. The fourth-order valence-electron chi connectivity index (χ4n) is 6.14. The summed E-state index contributed by atoms with van der Waals surface area (Å²) in [5, 5.41) is 12.1. The van der Waals surface area contributed by atoms with Crippen LogP contribution in [-0.2, 0) is 14.3 Å². The number of hydrogen-bond donors (Lipinski definition) is 2. The number of carbonyl (C=O) groups is 3. The first-order valence-corrected chi connectivity index (χ1v) is 12.6. The summed E-state index contributed by atoms with van der Waals surface area (Å²) in [4.78, 5) is 38.2. The van der Waals surface area contributed by atoms with Crippen molar-refractivity contribution in [3.8, 4) is 11.1 Å². The van der Waals surface area contributed by atoms with Crippen molar-refractivity contribution in [3.63, 3.8) is 0 Å². The van der Waals surface area contributed by atoms with Gasteiger partial charge in [0.2, 0.25) is 5.91 Å². The van der Waals surface area contributed by atoms with Crippen LogP contribution in [0.5, 0.6) is 0 Å². The highest BCUT2D eigenvalue weighted by molar-refractivity contribution is 5.79. The Morgan fingerprint density at radius 2 is 1.63 bits per heavy atom. The third-order valence-electron chi connectivity index (χ3n) is 7.78. The van der Waals surface area contributed by atoms with Crippen LogP contribution in [0.1, 0.15) is 62.0 Å². The van der Waals surface area contributed by atoms with E-state index >= 15 is 0 Å². The number of nitrogens with one attached hydrogen (secondary N) is 1. The van der Waals surface area contributed by atoms with Gasteiger partial charge in [-0.3, -0.25) is 9.59 Å². The van der Waals surface area contributed by atoms with Gasteiger partial charge in [0.1, 0.15) is 6.61 Å². The highest BCUT2D eigenvalue weighted by Gasteiger charge is 2.34. The first kappa shape index (κ1) is 23.4. The van der Waals surface area contributed by atoms with Crippen LogP contribution in [0.2, 0.25) is 0 Å². The molecule has 2 amide bonds. The lowest BCUT2D eigenvalue weighted by Gasteiger charge is -2.25. The van der Waals surface area contributed by atoms with E-state index in [9.17, 15) is 14.4 Å². The third-order valence-corrected chi connectivity index (χ3v) is 7.78. The number of aliphatic carboxylic acids is 1. The molecule has 5 rings (SSSR count). The first-order valence-electron chi connectivity index (χ1n) is 12.6. The van der Waals surface area contributed by atoms with Crippen LogP contribution >= 0.6 is 0 Å². The smallest absolute Gasteiger partial charge is 0.407 e. The monoisotopic (exact) mass is 476 g/mol. The van der Waals surface area contributed by atoms with Crippen molar-refractivity contribution in [2.45, 2.75) is 62.9 Å². The van der Waals surface area contributed by atoms with Gasteiger partial charge in [0, 0.05) is 31.0 Å². The highest BCUT2D eigenvalue weighted by atomic mass is 16.5. The van der Waals surface area contributed by atoms with Crippen LogP contribution in [0.25, 0.3) is 11.1 Å². The summed E-state index contributed by atoms with van der Waals surface area (Å²) < 4.78 is 5.67. The average Bonchev–Trinajstić information content (AvgIpc) is 3.55. The number of amides is 2. The van der Waals surface area contributed by atoms with Crippen molar-refractivity contribution < 1.29 is 24.2 Å². The zero-order valence-corrected chi connectivity index (χ0v) is 19.8. The third kappa shape index (κ3) is 5.04. The van der Waals surface area contributed by atoms with E-state index in [4.69, 9.17) is 9.84 Å². The number of rotatable bonds is 7. The largest absolute Gasteiger partial charge is 0.481 e. The summed E-state index contributed by atoms with van der Waals surface area (Å²) >= 11 is 0. The summed E-state index contributed by atoms with van der Waals surface area (Å²) in [5.74, 6) is -0.586. The number of carboxylic acid groups (broad SMARTS) is 1. The number of carbonyl (C=O) groups excluding carboxylic acids is 2. The van der Waals surface area contributed by atoms with Gasteiger partial charge in [0.15, 0.2) is 0 Å². The number of hydrogen-bond acceptors (Lipinski definition) is 4. The fourth-order valence-corrected chi connectivity index (χ4v) is 6.14. The topological polar surface area (TPSA) is 95.9 Å². The van der Waals surface area contributed by atoms with E-state index in [1.165, 1.54) is 22.3 Å². The lowest BCUT2D eigenvalue weighted by molar-refractivity contribution is -0.140. The van der Waals surface area contributed by atoms with Crippen molar-refractivity contribution in [1.82, 2.24) is 10.2 Å². The van der Waals surface area contributed by atoms with Crippen LogP contribution in [0.15, 0.2) is 48.5 Å². The molecule has 2 aromatic carbocycles. The van der Waals surface area contributed by atoms with Gasteiger partial charge >= 0.3 is 12.1 Å². The van der Waals surface area contributed by atoms with Gasteiger partial charge in [-0.25, -0.2) is 4.79 Å². The molecule has 184 valence electrons. The number of carboxylic acids is 1. The van der Waals surface area contributed by atoms with E-state index in [1.807, 2.05) is 24.3 Å². The molecule has 0 bridgehead atoms. The molecule has 2 N–H and O–H groups in total. The predicted molar refractivity (Wildman–Crippen MR) is 131 cm³/mol. The summed E-state index contributed by atoms with van der Waals surface area (Å²) in [6.45, 7) is 0.930. The molecule has 35 heavy (non-hydrogen) atoms. The Labute approximate surface area is 205 Å². The fraction of sp³-hybridized carbons (Fsp3) is 0.464. The van der Waals surface area contributed by atoms with E-state index < -0.39 is 12.1 Å². The predicted octanol–water partition coefficient (Wildman–Crippen LogP) is 4.55. The summed E-state index contributed by atoms with van der Waals surface area (Å²) in [6, 6.07) is 16.3. The number of benzene rings is 2. The molecule has 2 aromatic rings. The molecule has 1 saturated carbocycles. The summed E-state index contributed by atoms with van der Waals surface area (Å²) in [5.41, 5.74) is 4.76. The minimum absolute atomic E-state index is 0.00292. The van der Waals surface area contributed by atoms with Gasteiger partial charge in [0.25, 0.3) is 0 Å². The zero-order valence-electron chi connectivity index (χ0n) is 19.8. The number of fused-ring (bicyclic) bond motifs is 3. The second-order valence-electron chi connectivity index (χ2n) is 10.0. The van der Waals surface area contributed by atoms with Gasteiger partial charge in [-0.2, -0.15) is 0 Å². The Morgan fingerprint density at radius 1 is 0.943 bits per heavy atom.